The standard InChI is InChI=1S/C15H23N9/c1-3-16-14(19-11-13-21-20-12-22(13)2)23-7-9-24(10-8-23)15-17-5-4-6-18-15/h4-6,12H,3,7-11H2,1-2H3,(H,16,19). The van der Waals surface area contributed by atoms with Crippen LogP contribution in [0.25, 0.3) is 0 Å². The van der Waals surface area contributed by atoms with E-state index in [2.05, 4.69) is 42.2 Å². The van der Waals surface area contributed by atoms with Gasteiger partial charge in [0.25, 0.3) is 0 Å². The van der Waals surface area contributed by atoms with E-state index < -0.39 is 0 Å². The van der Waals surface area contributed by atoms with Gasteiger partial charge in [0.2, 0.25) is 5.95 Å². The highest BCUT2D eigenvalue weighted by Crippen LogP contribution is 2.10. The molecule has 2 aromatic rings. The largest absolute Gasteiger partial charge is 0.357 e. The molecule has 0 aliphatic carbocycles. The van der Waals surface area contributed by atoms with Crippen LogP contribution in [0.1, 0.15) is 12.7 Å². The van der Waals surface area contributed by atoms with Gasteiger partial charge in [0.1, 0.15) is 12.9 Å². The number of anilines is 1. The van der Waals surface area contributed by atoms with Gasteiger partial charge < -0.3 is 19.7 Å². The lowest BCUT2D eigenvalue weighted by atomic mass is 10.3. The van der Waals surface area contributed by atoms with E-state index in [1.165, 1.54) is 0 Å². The van der Waals surface area contributed by atoms with Gasteiger partial charge in [0, 0.05) is 52.2 Å². The summed E-state index contributed by atoms with van der Waals surface area (Å²) in [6, 6.07) is 1.84. The van der Waals surface area contributed by atoms with Crippen LogP contribution in [-0.2, 0) is 13.6 Å². The third-order valence-corrected chi connectivity index (χ3v) is 3.92. The van der Waals surface area contributed by atoms with Gasteiger partial charge >= 0.3 is 0 Å². The number of nitrogens with one attached hydrogen (secondary N) is 1. The molecule has 1 N–H and O–H groups in total. The Morgan fingerprint density at radius 1 is 1.21 bits per heavy atom. The van der Waals surface area contributed by atoms with Gasteiger partial charge in [-0.05, 0) is 13.0 Å². The molecule has 0 unspecified atom stereocenters. The van der Waals surface area contributed by atoms with Crippen LogP contribution in [0, 0.1) is 0 Å². The molecule has 24 heavy (non-hydrogen) atoms. The number of hydrogen-bond acceptors (Lipinski definition) is 6. The van der Waals surface area contributed by atoms with E-state index in [1.807, 2.05) is 17.7 Å². The second-order valence-corrected chi connectivity index (χ2v) is 5.55. The van der Waals surface area contributed by atoms with E-state index in [4.69, 9.17) is 4.99 Å². The summed E-state index contributed by atoms with van der Waals surface area (Å²) < 4.78 is 1.89. The Kier molecular flexibility index (Phi) is 5.19. The molecule has 1 saturated heterocycles. The molecule has 0 aromatic carbocycles. The summed E-state index contributed by atoms with van der Waals surface area (Å²) in [4.78, 5) is 17.8. The SMILES string of the molecule is CCNC(=NCc1nncn1C)N1CCN(c2ncccn2)CC1. The van der Waals surface area contributed by atoms with Gasteiger partial charge in [-0.25, -0.2) is 15.0 Å². The van der Waals surface area contributed by atoms with E-state index in [-0.39, 0.29) is 0 Å². The molecule has 128 valence electrons. The minimum Gasteiger partial charge on any atom is -0.357 e. The molecule has 1 aliphatic rings. The number of hydrogen-bond donors (Lipinski definition) is 1. The Labute approximate surface area is 141 Å². The summed E-state index contributed by atoms with van der Waals surface area (Å²) in [6.07, 6.45) is 5.25. The molecule has 3 rings (SSSR count). The third-order valence-electron chi connectivity index (χ3n) is 3.92. The van der Waals surface area contributed by atoms with Crippen molar-refractivity contribution in [3.8, 4) is 0 Å². The lowest BCUT2D eigenvalue weighted by Crippen LogP contribution is -2.53. The van der Waals surface area contributed by atoms with Gasteiger partial charge in [-0.3, -0.25) is 0 Å². The quantitative estimate of drug-likeness (QED) is 0.619. The van der Waals surface area contributed by atoms with E-state index in [0.717, 1.165) is 50.5 Å². The average Bonchev–Trinajstić information content (AvgIpc) is 3.04. The fourth-order valence-corrected chi connectivity index (χ4v) is 2.59. The van der Waals surface area contributed by atoms with Gasteiger partial charge in [0.05, 0.1) is 0 Å². The summed E-state index contributed by atoms with van der Waals surface area (Å²) in [7, 11) is 1.93. The number of piperazine rings is 1. The Hall–Kier alpha value is -2.71. The monoisotopic (exact) mass is 329 g/mol. The zero-order valence-corrected chi connectivity index (χ0v) is 14.1. The zero-order valence-electron chi connectivity index (χ0n) is 14.1. The molecule has 3 heterocycles. The van der Waals surface area contributed by atoms with Crippen LogP contribution in [0.2, 0.25) is 0 Å². The highest BCUT2D eigenvalue weighted by atomic mass is 15.4. The summed E-state index contributed by atoms with van der Waals surface area (Å²) in [6.45, 7) is 6.93. The molecule has 0 spiro atoms. The van der Waals surface area contributed by atoms with Gasteiger partial charge in [-0.15, -0.1) is 10.2 Å². The Bertz CT molecular complexity index is 659. The highest BCUT2D eigenvalue weighted by molar-refractivity contribution is 5.80. The van der Waals surface area contributed by atoms with Crippen molar-refractivity contribution in [1.29, 1.82) is 0 Å². The summed E-state index contributed by atoms with van der Waals surface area (Å²) in [5.74, 6) is 2.55. The lowest BCUT2D eigenvalue weighted by molar-refractivity contribution is 0.370. The molecule has 0 atom stereocenters. The van der Waals surface area contributed by atoms with E-state index in [9.17, 15) is 0 Å². The Balaban J connectivity index is 1.62. The maximum atomic E-state index is 4.70. The minimum atomic E-state index is 0.515. The first kappa shape index (κ1) is 16.2. The fourth-order valence-electron chi connectivity index (χ4n) is 2.59. The molecule has 0 amide bonds. The van der Waals surface area contributed by atoms with Crippen LogP contribution in [0.5, 0.6) is 0 Å². The lowest BCUT2D eigenvalue weighted by Gasteiger charge is -2.36. The second kappa shape index (κ2) is 7.71. The summed E-state index contributed by atoms with van der Waals surface area (Å²) in [5.41, 5.74) is 0. The van der Waals surface area contributed by atoms with E-state index >= 15 is 0 Å². The van der Waals surface area contributed by atoms with Crippen molar-refractivity contribution < 1.29 is 0 Å². The first-order valence-corrected chi connectivity index (χ1v) is 8.16. The van der Waals surface area contributed by atoms with Gasteiger partial charge in [-0.1, -0.05) is 0 Å². The molecule has 2 aromatic heterocycles. The van der Waals surface area contributed by atoms with Crippen LogP contribution < -0.4 is 10.2 Å². The second-order valence-electron chi connectivity index (χ2n) is 5.55. The molecular formula is C15H23N9. The van der Waals surface area contributed by atoms with Crippen LogP contribution >= 0.6 is 0 Å². The molecule has 0 radical (unpaired) electrons. The molecule has 0 bridgehead atoms. The zero-order chi connectivity index (χ0) is 16.8. The summed E-state index contributed by atoms with van der Waals surface area (Å²) in [5, 5.41) is 11.3. The average molecular weight is 329 g/mol. The van der Waals surface area contributed by atoms with Crippen molar-refractivity contribution >= 4 is 11.9 Å². The Morgan fingerprint density at radius 2 is 1.96 bits per heavy atom. The number of guanidine groups is 1. The maximum Gasteiger partial charge on any atom is 0.225 e. The van der Waals surface area contributed by atoms with Crippen molar-refractivity contribution in [2.24, 2.45) is 12.0 Å². The molecule has 0 saturated carbocycles. The van der Waals surface area contributed by atoms with Crippen LogP contribution in [0.15, 0.2) is 29.8 Å². The summed E-state index contributed by atoms with van der Waals surface area (Å²) >= 11 is 0. The van der Waals surface area contributed by atoms with Crippen LogP contribution in [-0.4, -0.2) is 68.3 Å². The van der Waals surface area contributed by atoms with E-state index in [0.29, 0.717) is 6.54 Å². The molecule has 1 aliphatic heterocycles. The number of aliphatic imine (C=N–C) groups is 1. The maximum absolute atomic E-state index is 4.70. The Morgan fingerprint density at radius 3 is 2.58 bits per heavy atom. The molecule has 9 nitrogen and oxygen atoms in total. The van der Waals surface area contributed by atoms with Crippen molar-refractivity contribution in [3.05, 3.63) is 30.6 Å². The predicted molar refractivity (Wildman–Crippen MR) is 91.6 cm³/mol. The molecular weight excluding hydrogens is 306 g/mol. The first-order valence-electron chi connectivity index (χ1n) is 8.16. The van der Waals surface area contributed by atoms with Crippen LogP contribution in [0.3, 0.4) is 0 Å². The van der Waals surface area contributed by atoms with Crippen molar-refractivity contribution in [1.82, 2.24) is 34.9 Å². The first-order chi connectivity index (χ1) is 11.8. The smallest absolute Gasteiger partial charge is 0.225 e. The number of aryl methyl sites for hydroxylation is 1. The van der Waals surface area contributed by atoms with E-state index in [1.54, 1.807) is 18.7 Å². The molecule has 1 fully saturated rings. The third kappa shape index (κ3) is 3.79. The number of nitrogens with zero attached hydrogens (tertiary/aromatic N) is 8. The van der Waals surface area contributed by atoms with Crippen LogP contribution in [0.4, 0.5) is 5.95 Å². The topological polar surface area (TPSA) is 87.4 Å². The van der Waals surface area contributed by atoms with Gasteiger partial charge in [-0.2, -0.15) is 0 Å². The number of aromatic nitrogens is 5. The number of rotatable bonds is 4. The normalized spacial score (nSPS) is 15.7. The fraction of sp³-hybridized carbons (Fsp3) is 0.533. The minimum absolute atomic E-state index is 0.515. The van der Waals surface area contributed by atoms with Crippen molar-refractivity contribution in [3.63, 3.8) is 0 Å². The van der Waals surface area contributed by atoms with Crippen molar-refractivity contribution in [2.45, 2.75) is 13.5 Å². The van der Waals surface area contributed by atoms with Gasteiger partial charge in [0.15, 0.2) is 11.8 Å². The highest BCUT2D eigenvalue weighted by Gasteiger charge is 2.21. The molecule has 9 heteroatoms. The van der Waals surface area contributed by atoms with Crippen molar-refractivity contribution in [2.75, 3.05) is 37.6 Å². The predicted octanol–water partition coefficient (Wildman–Crippen LogP) is -0.107.